The number of carbonyl (C=O) groups excluding carboxylic acids is 1. The van der Waals surface area contributed by atoms with Gasteiger partial charge in [-0.25, -0.2) is 0 Å². The van der Waals surface area contributed by atoms with Crippen LogP contribution in [-0.4, -0.2) is 17.1 Å². The second-order valence-corrected chi connectivity index (χ2v) is 5.47. The number of benzene rings is 1. The van der Waals surface area contributed by atoms with Crippen molar-refractivity contribution in [3.8, 4) is 0 Å². The first-order valence-electron chi connectivity index (χ1n) is 7.63. The summed E-state index contributed by atoms with van der Waals surface area (Å²) in [5, 5.41) is 12.4. The molecule has 2 unspecified atom stereocenters. The normalized spacial score (nSPS) is 13.8. The number of rotatable bonds is 9. The van der Waals surface area contributed by atoms with Crippen molar-refractivity contribution in [1.82, 2.24) is 5.32 Å². The van der Waals surface area contributed by atoms with Crippen molar-refractivity contribution in [3.63, 3.8) is 0 Å². The van der Waals surface area contributed by atoms with Crippen molar-refractivity contribution in [1.29, 1.82) is 0 Å². The van der Waals surface area contributed by atoms with Crippen LogP contribution in [-0.2, 0) is 11.3 Å². The fourth-order valence-corrected chi connectivity index (χ4v) is 2.23. The molecule has 1 aromatic rings. The topological polar surface area (TPSA) is 49.3 Å². The van der Waals surface area contributed by atoms with Crippen molar-refractivity contribution in [2.45, 2.75) is 58.6 Å². The van der Waals surface area contributed by atoms with Crippen molar-refractivity contribution >= 4 is 5.91 Å². The first-order chi connectivity index (χ1) is 9.63. The molecule has 3 nitrogen and oxygen atoms in total. The average Bonchev–Trinajstić information content (AvgIpc) is 2.45. The summed E-state index contributed by atoms with van der Waals surface area (Å²) >= 11 is 0. The Hall–Kier alpha value is -1.35. The Morgan fingerprint density at radius 1 is 1.20 bits per heavy atom. The maximum absolute atomic E-state index is 12.2. The van der Waals surface area contributed by atoms with E-state index in [0.29, 0.717) is 13.0 Å². The second-order valence-electron chi connectivity index (χ2n) is 5.47. The van der Waals surface area contributed by atoms with Crippen LogP contribution < -0.4 is 5.32 Å². The monoisotopic (exact) mass is 277 g/mol. The van der Waals surface area contributed by atoms with E-state index < -0.39 is 0 Å². The highest BCUT2D eigenvalue weighted by Gasteiger charge is 2.18. The molecular weight excluding hydrogens is 250 g/mol. The second kappa shape index (κ2) is 9.54. The Morgan fingerprint density at radius 3 is 2.50 bits per heavy atom. The number of unbranched alkanes of at least 4 members (excludes halogenated alkanes) is 1. The number of carbonyl (C=O) groups is 1. The predicted octanol–water partition coefficient (Wildman–Crippen LogP) is 3.27. The zero-order valence-corrected chi connectivity index (χ0v) is 12.6. The van der Waals surface area contributed by atoms with E-state index in [1.807, 2.05) is 30.3 Å². The highest BCUT2D eigenvalue weighted by Crippen LogP contribution is 2.17. The molecule has 2 atom stereocenters. The molecule has 0 heterocycles. The van der Waals surface area contributed by atoms with Crippen LogP contribution in [0.25, 0.3) is 0 Å². The van der Waals surface area contributed by atoms with Gasteiger partial charge in [0, 0.05) is 12.5 Å². The fourth-order valence-electron chi connectivity index (χ4n) is 2.23. The summed E-state index contributed by atoms with van der Waals surface area (Å²) < 4.78 is 0. The third-order valence-corrected chi connectivity index (χ3v) is 3.52. The van der Waals surface area contributed by atoms with Gasteiger partial charge in [0.25, 0.3) is 0 Å². The summed E-state index contributed by atoms with van der Waals surface area (Å²) in [7, 11) is 0. The molecule has 0 saturated heterocycles. The summed E-state index contributed by atoms with van der Waals surface area (Å²) in [5.41, 5.74) is 1.12. The van der Waals surface area contributed by atoms with Gasteiger partial charge < -0.3 is 10.4 Å². The number of amides is 1. The number of aliphatic hydroxyl groups excluding tert-OH is 1. The van der Waals surface area contributed by atoms with E-state index in [0.717, 1.165) is 31.2 Å². The molecular formula is C17H27NO2. The van der Waals surface area contributed by atoms with E-state index in [-0.39, 0.29) is 17.9 Å². The molecule has 1 rings (SSSR count). The van der Waals surface area contributed by atoms with Gasteiger partial charge in [0.15, 0.2) is 0 Å². The summed E-state index contributed by atoms with van der Waals surface area (Å²) in [4.78, 5) is 12.2. The van der Waals surface area contributed by atoms with Gasteiger partial charge in [-0.2, -0.15) is 0 Å². The lowest BCUT2D eigenvalue weighted by Crippen LogP contribution is -2.30. The molecule has 0 spiro atoms. The van der Waals surface area contributed by atoms with E-state index in [1.165, 1.54) is 0 Å². The Balaban J connectivity index is 2.44. The maximum atomic E-state index is 12.2. The van der Waals surface area contributed by atoms with Gasteiger partial charge in [-0.05, 0) is 31.7 Å². The third-order valence-electron chi connectivity index (χ3n) is 3.52. The Bertz CT molecular complexity index is 376. The number of hydrogen-bond donors (Lipinski definition) is 2. The number of nitrogens with one attached hydrogen (secondary N) is 1. The minimum atomic E-state index is -0.332. The van der Waals surface area contributed by atoms with Gasteiger partial charge >= 0.3 is 0 Å². The molecule has 0 aromatic heterocycles. The number of hydrogen-bond acceptors (Lipinski definition) is 2. The molecule has 0 aliphatic carbocycles. The van der Waals surface area contributed by atoms with Crippen LogP contribution in [0.5, 0.6) is 0 Å². The molecule has 0 radical (unpaired) electrons. The van der Waals surface area contributed by atoms with E-state index in [2.05, 4.69) is 12.2 Å². The van der Waals surface area contributed by atoms with Crippen LogP contribution in [0.4, 0.5) is 0 Å². The highest BCUT2D eigenvalue weighted by molar-refractivity contribution is 5.78. The average molecular weight is 277 g/mol. The molecule has 112 valence electrons. The zero-order chi connectivity index (χ0) is 14.8. The van der Waals surface area contributed by atoms with Gasteiger partial charge in [-0.15, -0.1) is 0 Å². The van der Waals surface area contributed by atoms with Crippen LogP contribution in [0.1, 0.15) is 51.5 Å². The van der Waals surface area contributed by atoms with Crippen molar-refractivity contribution < 1.29 is 9.90 Å². The fraction of sp³-hybridized carbons (Fsp3) is 0.588. The molecule has 0 saturated carbocycles. The molecule has 0 aliphatic rings. The largest absolute Gasteiger partial charge is 0.393 e. The lowest BCUT2D eigenvalue weighted by atomic mass is 9.94. The molecule has 0 aliphatic heterocycles. The quantitative estimate of drug-likeness (QED) is 0.728. The minimum absolute atomic E-state index is 0.0215. The number of aliphatic hydroxyl groups is 1. The first-order valence-corrected chi connectivity index (χ1v) is 7.63. The van der Waals surface area contributed by atoms with Gasteiger partial charge in [-0.1, -0.05) is 50.1 Å². The Labute approximate surface area is 122 Å². The van der Waals surface area contributed by atoms with Crippen LogP contribution in [0.3, 0.4) is 0 Å². The first kappa shape index (κ1) is 16.7. The zero-order valence-electron chi connectivity index (χ0n) is 12.6. The van der Waals surface area contributed by atoms with Crippen LogP contribution in [0.2, 0.25) is 0 Å². The van der Waals surface area contributed by atoms with E-state index in [9.17, 15) is 9.90 Å². The predicted molar refractivity (Wildman–Crippen MR) is 82.2 cm³/mol. The van der Waals surface area contributed by atoms with Gasteiger partial charge in [-0.3, -0.25) is 4.79 Å². The van der Waals surface area contributed by atoms with Gasteiger partial charge in [0.05, 0.1) is 6.10 Å². The van der Waals surface area contributed by atoms with E-state index >= 15 is 0 Å². The van der Waals surface area contributed by atoms with Gasteiger partial charge in [0.2, 0.25) is 5.91 Å². The third kappa shape index (κ3) is 6.71. The van der Waals surface area contributed by atoms with Crippen molar-refractivity contribution in [2.75, 3.05) is 0 Å². The minimum Gasteiger partial charge on any atom is -0.393 e. The molecule has 1 aromatic carbocycles. The summed E-state index contributed by atoms with van der Waals surface area (Å²) in [6, 6.07) is 9.94. The van der Waals surface area contributed by atoms with Crippen molar-refractivity contribution in [3.05, 3.63) is 35.9 Å². The molecule has 3 heteroatoms. The highest BCUT2D eigenvalue weighted by atomic mass is 16.3. The molecule has 2 N–H and O–H groups in total. The molecule has 1 amide bonds. The Kier molecular flexibility index (Phi) is 7.97. The van der Waals surface area contributed by atoms with E-state index in [1.54, 1.807) is 6.92 Å². The van der Waals surface area contributed by atoms with Crippen LogP contribution in [0, 0.1) is 5.92 Å². The molecule has 0 fully saturated rings. The smallest absolute Gasteiger partial charge is 0.223 e. The van der Waals surface area contributed by atoms with Crippen molar-refractivity contribution in [2.24, 2.45) is 5.92 Å². The lowest BCUT2D eigenvalue weighted by molar-refractivity contribution is -0.125. The SMILES string of the molecule is CCCCC(CCC(C)O)C(=O)NCc1ccccc1. The lowest BCUT2D eigenvalue weighted by Gasteiger charge is -2.17. The van der Waals surface area contributed by atoms with Crippen LogP contribution >= 0.6 is 0 Å². The van der Waals surface area contributed by atoms with E-state index in [4.69, 9.17) is 0 Å². The maximum Gasteiger partial charge on any atom is 0.223 e. The molecule has 20 heavy (non-hydrogen) atoms. The summed E-state index contributed by atoms with van der Waals surface area (Å²) in [5.74, 6) is 0.135. The Morgan fingerprint density at radius 2 is 1.90 bits per heavy atom. The van der Waals surface area contributed by atoms with Gasteiger partial charge in [0.1, 0.15) is 0 Å². The molecule has 0 bridgehead atoms. The summed E-state index contributed by atoms with van der Waals surface area (Å²) in [6.45, 7) is 4.49. The van der Waals surface area contributed by atoms with Crippen LogP contribution in [0.15, 0.2) is 30.3 Å². The summed E-state index contributed by atoms with van der Waals surface area (Å²) in [6.07, 6.45) is 4.18. The standard InChI is InChI=1S/C17H27NO2/c1-3-4-10-16(12-11-14(2)19)17(20)18-13-15-8-6-5-7-9-15/h5-9,14,16,19H,3-4,10-13H2,1-2H3,(H,18,20).